The van der Waals surface area contributed by atoms with Crippen molar-refractivity contribution in [1.29, 1.82) is 0 Å². The molecule has 0 spiro atoms. The number of rotatable bonds is 1. The third-order valence-corrected chi connectivity index (χ3v) is 2.33. The highest BCUT2D eigenvalue weighted by Gasteiger charge is 2.55. The van der Waals surface area contributed by atoms with Gasteiger partial charge in [-0.3, -0.25) is 0 Å². The van der Waals surface area contributed by atoms with E-state index in [1.54, 1.807) is 13.8 Å². The topological polar surface area (TPSA) is 18.5 Å². The van der Waals surface area contributed by atoms with Gasteiger partial charge in [-0.2, -0.15) is 8.78 Å². The van der Waals surface area contributed by atoms with Gasteiger partial charge in [0, 0.05) is 0 Å². The quantitative estimate of drug-likeness (QED) is 0.708. The van der Waals surface area contributed by atoms with E-state index in [2.05, 4.69) is 15.5 Å². The van der Waals surface area contributed by atoms with E-state index in [1.165, 1.54) is 6.07 Å². The van der Waals surface area contributed by atoms with Crippen LogP contribution in [0.5, 0.6) is 5.75 Å². The molecule has 0 N–H and O–H groups in total. The summed E-state index contributed by atoms with van der Waals surface area (Å²) in [6.45, 7) is 3.30. The van der Waals surface area contributed by atoms with Crippen LogP contribution in [0, 0.1) is 6.07 Å². The Morgan fingerprint density at radius 2 is 1.88 bits per heavy atom. The summed E-state index contributed by atoms with van der Waals surface area (Å²) in [6.07, 6.45) is -8.42. The van der Waals surface area contributed by atoms with E-state index in [4.69, 9.17) is 0 Å². The first-order valence-electron chi connectivity index (χ1n) is 4.93. The molecule has 2 rings (SSSR count). The van der Waals surface area contributed by atoms with Gasteiger partial charge >= 0.3 is 12.4 Å². The average Bonchev–Trinajstić information content (AvgIpc) is 2.12. The van der Waals surface area contributed by atoms with Crippen LogP contribution in [-0.2, 0) is 10.8 Å². The van der Waals surface area contributed by atoms with Crippen molar-refractivity contribution >= 4 is 0 Å². The molecular formula is C11H9F4O2. The van der Waals surface area contributed by atoms with Gasteiger partial charge < -0.3 is 4.74 Å². The maximum atomic E-state index is 13.5. The Morgan fingerprint density at radius 3 is 2.47 bits per heavy atom. The van der Waals surface area contributed by atoms with Crippen molar-refractivity contribution in [1.82, 2.24) is 0 Å². The molecule has 0 saturated carbocycles. The molecule has 0 aliphatic carbocycles. The molecule has 6 heteroatoms. The van der Waals surface area contributed by atoms with Crippen molar-refractivity contribution in [3.05, 3.63) is 29.3 Å². The van der Waals surface area contributed by atoms with E-state index in [9.17, 15) is 17.6 Å². The summed E-state index contributed by atoms with van der Waals surface area (Å²) in [5.41, 5.74) is -0.580. The summed E-state index contributed by atoms with van der Waals surface area (Å²) in [4.78, 5) is 0. The minimum atomic E-state index is -4.33. The van der Waals surface area contributed by atoms with Gasteiger partial charge in [-0.1, -0.05) is 19.9 Å². The molecule has 0 fully saturated rings. The summed E-state index contributed by atoms with van der Waals surface area (Å²) in [7, 11) is 0. The summed E-state index contributed by atoms with van der Waals surface area (Å²) in [5, 5.41) is 0. The van der Waals surface area contributed by atoms with Crippen molar-refractivity contribution in [3.8, 4) is 5.75 Å². The molecule has 0 atom stereocenters. The lowest BCUT2D eigenvalue weighted by molar-refractivity contribution is -0.461. The highest BCUT2D eigenvalue weighted by Crippen LogP contribution is 2.48. The van der Waals surface area contributed by atoms with Crippen LogP contribution in [-0.4, -0.2) is 6.29 Å². The maximum absolute atomic E-state index is 13.5. The van der Waals surface area contributed by atoms with Crippen LogP contribution < -0.4 is 4.74 Å². The van der Waals surface area contributed by atoms with E-state index in [0.717, 1.165) is 6.07 Å². The van der Waals surface area contributed by atoms with Gasteiger partial charge in [0.2, 0.25) is 0 Å². The minimum absolute atomic E-state index is 0.100. The zero-order valence-corrected chi connectivity index (χ0v) is 9.06. The van der Waals surface area contributed by atoms with E-state index >= 15 is 0 Å². The van der Waals surface area contributed by atoms with Gasteiger partial charge in [-0.25, -0.2) is 4.74 Å². The fourth-order valence-corrected chi connectivity index (χ4v) is 1.69. The molecule has 0 saturated heterocycles. The standard InChI is InChI=1S/C11H9F4O2/c1-6(2)7-4-3-5-8-9(7)10(12,13)17-11(14,15)16-8/h3,5-6H,1-2H3. The van der Waals surface area contributed by atoms with Gasteiger partial charge in [0.05, 0.1) is 5.56 Å². The summed E-state index contributed by atoms with van der Waals surface area (Å²) >= 11 is 0. The molecule has 1 aromatic carbocycles. The molecule has 1 radical (unpaired) electrons. The average molecular weight is 249 g/mol. The molecule has 1 aliphatic heterocycles. The van der Waals surface area contributed by atoms with Crippen molar-refractivity contribution in [2.75, 3.05) is 0 Å². The minimum Gasteiger partial charge on any atom is -0.409 e. The largest absolute Gasteiger partial charge is 0.540 e. The molecule has 1 aromatic rings. The predicted molar refractivity (Wildman–Crippen MR) is 49.9 cm³/mol. The normalized spacial score (nSPS) is 20.9. The number of fused-ring (bicyclic) bond motifs is 1. The van der Waals surface area contributed by atoms with E-state index < -0.39 is 23.7 Å². The first-order chi connectivity index (χ1) is 7.73. The van der Waals surface area contributed by atoms with Crippen molar-refractivity contribution < 1.29 is 27.0 Å². The lowest BCUT2D eigenvalue weighted by atomic mass is 9.95. The molecule has 1 heterocycles. The fraction of sp³-hybridized carbons (Fsp3) is 0.455. The SMILES string of the molecule is CC(C)c1[c]ccc2c1C(F)(F)OC(F)(F)O2. The maximum Gasteiger partial charge on any atom is 0.540 e. The lowest BCUT2D eigenvalue weighted by Gasteiger charge is -2.32. The van der Waals surface area contributed by atoms with Crippen molar-refractivity contribution in [3.63, 3.8) is 0 Å². The highest BCUT2D eigenvalue weighted by molar-refractivity contribution is 5.44. The molecular weight excluding hydrogens is 240 g/mol. The second-order valence-corrected chi connectivity index (χ2v) is 3.97. The van der Waals surface area contributed by atoms with Crippen molar-refractivity contribution in [2.24, 2.45) is 0 Å². The lowest BCUT2D eigenvalue weighted by Crippen LogP contribution is -2.41. The summed E-state index contributed by atoms with van der Waals surface area (Å²) in [6, 6.07) is 4.88. The van der Waals surface area contributed by atoms with Crippen LogP contribution >= 0.6 is 0 Å². The molecule has 0 unspecified atom stereocenters. The molecule has 93 valence electrons. The first kappa shape index (κ1) is 12.2. The van der Waals surface area contributed by atoms with Gasteiger partial charge in [-0.15, -0.1) is 8.78 Å². The second kappa shape index (κ2) is 3.60. The van der Waals surface area contributed by atoms with Gasteiger partial charge in [-0.05, 0) is 23.6 Å². The van der Waals surface area contributed by atoms with E-state index in [0.29, 0.717) is 0 Å². The molecule has 2 nitrogen and oxygen atoms in total. The van der Waals surface area contributed by atoms with Crippen LogP contribution in [0.3, 0.4) is 0 Å². The number of hydrogen-bond acceptors (Lipinski definition) is 2. The van der Waals surface area contributed by atoms with Crippen molar-refractivity contribution in [2.45, 2.75) is 32.2 Å². The molecule has 1 aliphatic rings. The first-order valence-corrected chi connectivity index (χ1v) is 4.93. The third kappa shape index (κ3) is 2.09. The summed E-state index contributed by atoms with van der Waals surface area (Å²) in [5.74, 6) is -0.886. The van der Waals surface area contributed by atoms with Crippen LogP contribution in [0.25, 0.3) is 0 Å². The Balaban J connectivity index is 2.62. The van der Waals surface area contributed by atoms with Crippen LogP contribution in [0.4, 0.5) is 17.6 Å². The molecule has 17 heavy (non-hydrogen) atoms. The fourth-order valence-electron chi connectivity index (χ4n) is 1.69. The second-order valence-electron chi connectivity index (χ2n) is 3.97. The predicted octanol–water partition coefficient (Wildman–Crippen LogP) is 3.62. The van der Waals surface area contributed by atoms with Crippen LogP contribution in [0.15, 0.2) is 12.1 Å². The number of alkyl halides is 4. The monoisotopic (exact) mass is 249 g/mol. The van der Waals surface area contributed by atoms with Crippen LogP contribution in [0.1, 0.15) is 30.9 Å². The molecule has 0 aromatic heterocycles. The number of halogens is 4. The van der Waals surface area contributed by atoms with Gasteiger partial charge in [0.25, 0.3) is 0 Å². The zero-order valence-electron chi connectivity index (χ0n) is 9.06. The summed E-state index contributed by atoms with van der Waals surface area (Å²) < 4.78 is 60.0. The smallest absolute Gasteiger partial charge is 0.409 e. The Morgan fingerprint density at radius 1 is 1.24 bits per heavy atom. The molecule has 0 bridgehead atoms. The van der Waals surface area contributed by atoms with Gasteiger partial charge in [0.1, 0.15) is 5.75 Å². The third-order valence-electron chi connectivity index (χ3n) is 2.33. The Hall–Kier alpha value is -1.30. The highest BCUT2D eigenvalue weighted by atomic mass is 19.3. The van der Waals surface area contributed by atoms with E-state index in [1.807, 2.05) is 0 Å². The Bertz CT molecular complexity index is 443. The van der Waals surface area contributed by atoms with Gasteiger partial charge in [0.15, 0.2) is 0 Å². The van der Waals surface area contributed by atoms with Crippen LogP contribution in [0.2, 0.25) is 0 Å². The number of hydrogen-bond donors (Lipinski definition) is 0. The number of ether oxygens (including phenoxy) is 2. The number of benzene rings is 1. The Labute approximate surface area is 95.1 Å². The van der Waals surface area contributed by atoms with E-state index in [-0.39, 0.29) is 11.5 Å². The Kier molecular flexibility index (Phi) is 2.57. The zero-order chi connectivity index (χ0) is 12.8. The molecule has 0 amide bonds.